The van der Waals surface area contributed by atoms with Crippen molar-refractivity contribution in [3.8, 4) is 0 Å². The Morgan fingerprint density at radius 2 is 1.15 bits per heavy atom. The van der Waals surface area contributed by atoms with E-state index in [2.05, 4.69) is 67.2 Å². The number of rotatable bonds is 2. The Balaban J connectivity index is 1.82. The van der Waals surface area contributed by atoms with Gasteiger partial charge >= 0.3 is 0 Å². The van der Waals surface area contributed by atoms with Crippen molar-refractivity contribution in [3.63, 3.8) is 0 Å². The van der Waals surface area contributed by atoms with Crippen molar-refractivity contribution < 1.29 is 0 Å². The molecule has 4 aromatic rings. The maximum absolute atomic E-state index is 4.31. The van der Waals surface area contributed by atoms with Gasteiger partial charge in [0.25, 0.3) is 0 Å². The molecule has 0 fully saturated rings. The zero-order chi connectivity index (χ0) is 13.5. The van der Waals surface area contributed by atoms with E-state index in [9.17, 15) is 0 Å². The first-order chi connectivity index (χ1) is 9.81. The topological polar surface area (TPSA) is 0 Å². The van der Waals surface area contributed by atoms with Crippen molar-refractivity contribution in [1.29, 1.82) is 0 Å². The van der Waals surface area contributed by atoms with Crippen LogP contribution in [0.3, 0.4) is 0 Å². The number of fused-ring (bicyclic) bond motifs is 2. The van der Waals surface area contributed by atoms with Crippen molar-refractivity contribution in [2.75, 3.05) is 0 Å². The van der Waals surface area contributed by atoms with Gasteiger partial charge in [0.05, 0.1) is 0 Å². The molecular formula is C18H12S2. The van der Waals surface area contributed by atoms with Crippen molar-refractivity contribution >= 4 is 48.4 Å². The van der Waals surface area contributed by atoms with E-state index in [4.69, 9.17) is 0 Å². The Labute approximate surface area is 125 Å². The minimum absolute atomic E-state index is 1.13. The van der Waals surface area contributed by atoms with E-state index in [1.165, 1.54) is 29.9 Å². The lowest BCUT2D eigenvalue weighted by Gasteiger charge is -1.97. The van der Waals surface area contributed by atoms with Gasteiger partial charge in [-0.2, -0.15) is 0 Å². The van der Waals surface area contributed by atoms with Crippen LogP contribution in [0, 0.1) is 0 Å². The highest BCUT2D eigenvalue weighted by atomic mass is 32.1. The molecule has 20 heavy (non-hydrogen) atoms. The third kappa shape index (κ3) is 1.89. The molecule has 4 rings (SSSR count). The standard InChI is InChI=1S/C18H12S2/c1-12(17-10-13-6-2-4-8-15(13)19-17)18-11-14-7-3-5-9-16(14)20-18/h2-11H,1H2. The molecule has 2 aromatic heterocycles. The first-order valence-corrected chi connectivity index (χ1v) is 8.11. The van der Waals surface area contributed by atoms with Gasteiger partial charge in [-0.15, -0.1) is 22.7 Å². The maximum Gasteiger partial charge on any atom is 0.0363 e. The summed E-state index contributed by atoms with van der Waals surface area (Å²) in [5, 5.41) is 2.60. The lowest BCUT2D eigenvalue weighted by atomic mass is 10.1. The Hall–Kier alpha value is -1.90. The zero-order valence-corrected chi connectivity index (χ0v) is 12.4. The molecule has 0 bridgehead atoms. The summed E-state index contributed by atoms with van der Waals surface area (Å²) in [6.45, 7) is 4.31. The molecular weight excluding hydrogens is 280 g/mol. The van der Waals surface area contributed by atoms with Gasteiger partial charge < -0.3 is 0 Å². The van der Waals surface area contributed by atoms with E-state index in [1.807, 2.05) is 22.7 Å². The predicted octanol–water partition coefficient (Wildman–Crippen LogP) is 6.18. The van der Waals surface area contributed by atoms with Crippen LogP contribution in [0.4, 0.5) is 0 Å². The van der Waals surface area contributed by atoms with Crippen molar-refractivity contribution in [3.05, 3.63) is 77.0 Å². The molecule has 0 atom stereocenters. The Morgan fingerprint density at radius 3 is 1.60 bits per heavy atom. The van der Waals surface area contributed by atoms with E-state index < -0.39 is 0 Å². The molecule has 96 valence electrons. The number of benzene rings is 2. The van der Waals surface area contributed by atoms with Crippen LogP contribution in [0.1, 0.15) is 9.75 Å². The molecule has 0 spiro atoms. The van der Waals surface area contributed by atoms with Crippen molar-refractivity contribution in [2.24, 2.45) is 0 Å². The second kappa shape index (κ2) is 4.58. The minimum atomic E-state index is 1.13. The molecule has 0 aliphatic rings. The molecule has 2 heterocycles. The van der Waals surface area contributed by atoms with E-state index in [-0.39, 0.29) is 0 Å². The molecule has 2 aromatic carbocycles. The first-order valence-electron chi connectivity index (χ1n) is 6.48. The monoisotopic (exact) mass is 292 g/mol. The maximum atomic E-state index is 4.31. The number of hydrogen-bond donors (Lipinski definition) is 0. The lowest BCUT2D eigenvalue weighted by molar-refractivity contribution is 1.81. The van der Waals surface area contributed by atoms with Gasteiger partial charge in [-0.3, -0.25) is 0 Å². The van der Waals surface area contributed by atoms with Gasteiger partial charge in [-0.25, -0.2) is 0 Å². The van der Waals surface area contributed by atoms with Crippen LogP contribution in [0.5, 0.6) is 0 Å². The fraction of sp³-hybridized carbons (Fsp3) is 0. The quantitative estimate of drug-likeness (QED) is 0.414. The second-order valence-electron chi connectivity index (χ2n) is 4.78. The normalized spacial score (nSPS) is 11.2. The van der Waals surface area contributed by atoms with E-state index in [0.29, 0.717) is 0 Å². The van der Waals surface area contributed by atoms with Crippen LogP contribution in [-0.2, 0) is 0 Å². The third-order valence-corrected chi connectivity index (χ3v) is 5.80. The average Bonchev–Trinajstić information content (AvgIpc) is 3.10. The van der Waals surface area contributed by atoms with Crippen LogP contribution >= 0.6 is 22.7 Å². The van der Waals surface area contributed by atoms with Gasteiger partial charge in [0.15, 0.2) is 0 Å². The smallest absolute Gasteiger partial charge is 0.0363 e. The molecule has 2 heteroatoms. The molecule has 0 saturated heterocycles. The molecule has 0 radical (unpaired) electrons. The summed E-state index contributed by atoms with van der Waals surface area (Å²) >= 11 is 3.63. The SMILES string of the molecule is C=C(c1cc2ccccc2s1)c1cc2ccccc2s1. The summed E-state index contributed by atoms with van der Waals surface area (Å²) < 4.78 is 2.65. The summed E-state index contributed by atoms with van der Waals surface area (Å²) in [6.07, 6.45) is 0. The van der Waals surface area contributed by atoms with Crippen LogP contribution in [0.25, 0.3) is 25.7 Å². The van der Waals surface area contributed by atoms with Gasteiger partial charge in [0.1, 0.15) is 0 Å². The fourth-order valence-electron chi connectivity index (χ4n) is 2.38. The molecule has 0 aliphatic carbocycles. The number of thiophene rings is 2. The average molecular weight is 292 g/mol. The van der Waals surface area contributed by atoms with Crippen LogP contribution in [-0.4, -0.2) is 0 Å². The van der Waals surface area contributed by atoms with Gasteiger partial charge in [-0.1, -0.05) is 43.0 Å². The third-order valence-electron chi connectivity index (χ3n) is 3.45. The summed E-state index contributed by atoms with van der Waals surface area (Å²) in [5.41, 5.74) is 1.13. The summed E-state index contributed by atoms with van der Waals surface area (Å²) in [7, 11) is 0. The Bertz CT molecular complexity index is 783. The molecule has 0 amide bonds. The Kier molecular flexibility index (Phi) is 2.72. The van der Waals surface area contributed by atoms with E-state index >= 15 is 0 Å². The zero-order valence-electron chi connectivity index (χ0n) is 10.8. The molecule has 0 aliphatic heterocycles. The van der Waals surface area contributed by atoms with Crippen LogP contribution in [0.2, 0.25) is 0 Å². The van der Waals surface area contributed by atoms with E-state index in [0.717, 1.165) is 5.57 Å². The highest BCUT2D eigenvalue weighted by Gasteiger charge is 2.10. The van der Waals surface area contributed by atoms with Crippen LogP contribution in [0.15, 0.2) is 67.2 Å². The first kappa shape index (κ1) is 11.9. The van der Waals surface area contributed by atoms with Crippen molar-refractivity contribution in [2.45, 2.75) is 0 Å². The van der Waals surface area contributed by atoms with Gasteiger partial charge in [-0.05, 0) is 35.0 Å². The highest BCUT2D eigenvalue weighted by molar-refractivity contribution is 7.22. The second-order valence-corrected chi connectivity index (χ2v) is 6.94. The molecule has 0 saturated carbocycles. The van der Waals surface area contributed by atoms with E-state index in [1.54, 1.807) is 0 Å². The lowest BCUT2D eigenvalue weighted by Crippen LogP contribution is -1.74. The summed E-state index contributed by atoms with van der Waals surface area (Å²) in [4.78, 5) is 2.52. The largest absolute Gasteiger partial charge is 0.135 e. The van der Waals surface area contributed by atoms with Crippen LogP contribution < -0.4 is 0 Å². The minimum Gasteiger partial charge on any atom is -0.135 e. The van der Waals surface area contributed by atoms with Crippen molar-refractivity contribution in [1.82, 2.24) is 0 Å². The molecule has 0 nitrogen and oxygen atoms in total. The molecule has 0 N–H and O–H groups in total. The van der Waals surface area contributed by atoms with Gasteiger partial charge in [0, 0.05) is 24.7 Å². The highest BCUT2D eigenvalue weighted by Crippen LogP contribution is 2.37. The fourth-order valence-corrected chi connectivity index (χ4v) is 4.54. The summed E-state index contributed by atoms with van der Waals surface area (Å²) in [6, 6.07) is 21.5. The molecule has 0 unspecified atom stereocenters. The number of hydrogen-bond acceptors (Lipinski definition) is 2. The van der Waals surface area contributed by atoms with Gasteiger partial charge in [0.2, 0.25) is 0 Å². The summed E-state index contributed by atoms with van der Waals surface area (Å²) in [5.74, 6) is 0. The Morgan fingerprint density at radius 1 is 0.700 bits per heavy atom. The predicted molar refractivity (Wildman–Crippen MR) is 91.8 cm³/mol.